The molecule has 6 heteroatoms. The summed E-state index contributed by atoms with van der Waals surface area (Å²) < 4.78 is 7.18. The maximum atomic E-state index is 12.6. The molecule has 124 valence electrons. The Hall–Kier alpha value is -3.41. The Morgan fingerprint density at radius 1 is 1.04 bits per heavy atom. The number of aromatic nitrogens is 3. The molecule has 0 atom stereocenters. The van der Waals surface area contributed by atoms with Gasteiger partial charge in [0.25, 0.3) is 5.91 Å². The number of rotatable bonds is 5. The SMILES string of the molecule is O=C(NCCc1ccccc1)c1oc2ncnn2c1-c1ccccc1. The number of carbonyl (C=O) groups is 1. The first-order valence-corrected chi connectivity index (χ1v) is 8.03. The number of carbonyl (C=O) groups excluding carboxylic acids is 1. The first-order valence-electron chi connectivity index (χ1n) is 8.03. The van der Waals surface area contributed by atoms with E-state index in [0.717, 1.165) is 12.0 Å². The standard InChI is InChI=1S/C19H16N4O2/c24-18(20-12-11-14-7-3-1-4-8-14)17-16(15-9-5-2-6-10-15)23-19(25-17)21-13-22-23/h1-10,13H,11-12H2,(H,20,24). The molecule has 0 saturated carbocycles. The first kappa shape index (κ1) is 15.1. The van der Waals surface area contributed by atoms with Gasteiger partial charge in [-0.1, -0.05) is 60.7 Å². The molecule has 0 fully saturated rings. The summed E-state index contributed by atoms with van der Waals surface area (Å²) in [6.45, 7) is 0.521. The Balaban J connectivity index is 1.58. The molecule has 0 unspecified atom stereocenters. The summed E-state index contributed by atoms with van der Waals surface area (Å²) >= 11 is 0. The summed E-state index contributed by atoms with van der Waals surface area (Å²) in [7, 11) is 0. The van der Waals surface area contributed by atoms with Crippen LogP contribution in [0.15, 0.2) is 71.4 Å². The van der Waals surface area contributed by atoms with Gasteiger partial charge in [-0.3, -0.25) is 4.79 Å². The average molecular weight is 332 g/mol. The van der Waals surface area contributed by atoms with Crippen molar-refractivity contribution in [1.29, 1.82) is 0 Å². The van der Waals surface area contributed by atoms with Crippen LogP contribution < -0.4 is 5.32 Å². The van der Waals surface area contributed by atoms with Crippen molar-refractivity contribution in [2.75, 3.05) is 6.54 Å². The lowest BCUT2D eigenvalue weighted by molar-refractivity contribution is 0.0929. The monoisotopic (exact) mass is 332 g/mol. The zero-order valence-electron chi connectivity index (χ0n) is 13.4. The van der Waals surface area contributed by atoms with E-state index < -0.39 is 0 Å². The van der Waals surface area contributed by atoms with Crippen molar-refractivity contribution < 1.29 is 9.21 Å². The highest BCUT2D eigenvalue weighted by molar-refractivity contribution is 5.97. The third-order valence-corrected chi connectivity index (χ3v) is 3.93. The van der Waals surface area contributed by atoms with Crippen molar-refractivity contribution in [2.45, 2.75) is 6.42 Å². The fraction of sp³-hybridized carbons (Fsp3) is 0.105. The minimum atomic E-state index is -0.276. The molecule has 0 aliphatic carbocycles. The van der Waals surface area contributed by atoms with Crippen LogP contribution >= 0.6 is 0 Å². The zero-order valence-corrected chi connectivity index (χ0v) is 13.4. The molecule has 2 aromatic heterocycles. The van der Waals surface area contributed by atoms with Crippen LogP contribution in [0.1, 0.15) is 16.1 Å². The number of oxazole rings is 1. The van der Waals surface area contributed by atoms with Gasteiger partial charge in [-0.2, -0.15) is 14.6 Å². The Bertz CT molecular complexity index is 990. The molecule has 1 amide bonds. The first-order chi connectivity index (χ1) is 12.3. The van der Waals surface area contributed by atoms with Crippen LogP contribution in [0.25, 0.3) is 17.1 Å². The minimum absolute atomic E-state index is 0.217. The van der Waals surface area contributed by atoms with E-state index in [4.69, 9.17) is 4.42 Å². The van der Waals surface area contributed by atoms with E-state index in [-0.39, 0.29) is 11.7 Å². The number of fused-ring (bicyclic) bond motifs is 1. The van der Waals surface area contributed by atoms with Crippen molar-refractivity contribution in [2.24, 2.45) is 0 Å². The van der Waals surface area contributed by atoms with Gasteiger partial charge in [-0.15, -0.1) is 0 Å². The van der Waals surface area contributed by atoms with Crippen molar-refractivity contribution in [3.63, 3.8) is 0 Å². The summed E-state index contributed by atoms with van der Waals surface area (Å²) in [5.74, 6) is 0.240. The zero-order chi connectivity index (χ0) is 17.1. The summed E-state index contributed by atoms with van der Waals surface area (Å²) in [6, 6.07) is 19.6. The number of benzene rings is 2. The van der Waals surface area contributed by atoms with Gasteiger partial charge >= 0.3 is 5.84 Å². The lowest BCUT2D eigenvalue weighted by atomic mass is 10.1. The molecule has 0 aliphatic rings. The largest absolute Gasteiger partial charge is 0.416 e. The van der Waals surface area contributed by atoms with Gasteiger partial charge in [-0.05, 0) is 12.0 Å². The second-order valence-electron chi connectivity index (χ2n) is 5.59. The van der Waals surface area contributed by atoms with Crippen molar-refractivity contribution in [3.05, 3.63) is 78.3 Å². The fourth-order valence-corrected chi connectivity index (χ4v) is 2.74. The molecule has 0 aliphatic heterocycles. The Kier molecular flexibility index (Phi) is 4.00. The molecule has 4 aromatic rings. The Morgan fingerprint density at radius 2 is 1.76 bits per heavy atom. The predicted molar refractivity (Wildman–Crippen MR) is 93.2 cm³/mol. The fourth-order valence-electron chi connectivity index (χ4n) is 2.74. The molecule has 4 rings (SSSR count). The molecule has 1 N–H and O–H groups in total. The summed E-state index contributed by atoms with van der Waals surface area (Å²) in [5.41, 5.74) is 2.62. The molecule has 0 radical (unpaired) electrons. The van der Waals surface area contributed by atoms with Crippen LogP contribution in [0, 0.1) is 0 Å². The van der Waals surface area contributed by atoms with E-state index in [0.29, 0.717) is 18.1 Å². The summed E-state index contributed by atoms with van der Waals surface area (Å²) in [5, 5.41) is 7.06. The molecular formula is C19H16N4O2. The second-order valence-corrected chi connectivity index (χ2v) is 5.59. The topological polar surface area (TPSA) is 72.4 Å². The van der Waals surface area contributed by atoms with Crippen molar-refractivity contribution in [1.82, 2.24) is 19.9 Å². The highest BCUT2D eigenvalue weighted by Crippen LogP contribution is 2.26. The van der Waals surface area contributed by atoms with Gasteiger partial charge < -0.3 is 9.73 Å². The van der Waals surface area contributed by atoms with E-state index in [1.54, 1.807) is 4.52 Å². The molecule has 2 aromatic carbocycles. The van der Waals surface area contributed by atoms with Gasteiger partial charge in [0.1, 0.15) is 12.0 Å². The molecular weight excluding hydrogens is 316 g/mol. The predicted octanol–water partition coefficient (Wildman–Crippen LogP) is 2.96. The van der Waals surface area contributed by atoms with Crippen LogP contribution in [0.2, 0.25) is 0 Å². The highest BCUT2D eigenvalue weighted by atomic mass is 16.4. The maximum Gasteiger partial charge on any atom is 0.325 e. The lowest BCUT2D eigenvalue weighted by Crippen LogP contribution is -2.26. The number of hydrogen-bond donors (Lipinski definition) is 1. The molecule has 0 saturated heterocycles. The van der Waals surface area contributed by atoms with Gasteiger partial charge in [0.05, 0.1) is 0 Å². The third-order valence-electron chi connectivity index (χ3n) is 3.93. The Morgan fingerprint density at radius 3 is 2.52 bits per heavy atom. The van der Waals surface area contributed by atoms with Crippen molar-refractivity contribution >= 4 is 11.8 Å². The van der Waals surface area contributed by atoms with Crippen LogP contribution in [0.3, 0.4) is 0 Å². The molecule has 25 heavy (non-hydrogen) atoms. The quantitative estimate of drug-likeness (QED) is 0.610. The van der Waals surface area contributed by atoms with Gasteiger partial charge in [0.15, 0.2) is 0 Å². The molecule has 0 bridgehead atoms. The minimum Gasteiger partial charge on any atom is -0.416 e. The average Bonchev–Trinajstić information content (AvgIpc) is 3.24. The van der Waals surface area contributed by atoms with E-state index in [1.165, 1.54) is 11.9 Å². The highest BCUT2D eigenvalue weighted by Gasteiger charge is 2.23. The van der Waals surface area contributed by atoms with Gasteiger partial charge in [-0.25, -0.2) is 0 Å². The Labute approximate surface area is 144 Å². The van der Waals surface area contributed by atoms with E-state index in [9.17, 15) is 4.79 Å². The maximum absolute atomic E-state index is 12.6. The van der Waals surface area contributed by atoms with Crippen LogP contribution in [-0.4, -0.2) is 27.0 Å². The summed E-state index contributed by atoms with van der Waals surface area (Å²) in [4.78, 5) is 16.7. The number of nitrogens with one attached hydrogen (secondary N) is 1. The van der Waals surface area contributed by atoms with E-state index in [2.05, 4.69) is 15.4 Å². The smallest absolute Gasteiger partial charge is 0.325 e. The van der Waals surface area contributed by atoms with E-state index in [1.807, 2.05) is 60.7 Å². The second kappa shape index (κ2) is 6.60. The lowest BCUT2D eigenvalue weighted by Gasteiger charge is -2.05. The molecule has 2 heterocycles. The van der Waals surface area contributed by atoms with E-state index >= 15 is 0 Å². The number of amides is 1. The van der Waals surface area contributed by atoms with Crippen molar-refractivity contribution in [3.8, 4) is 11.3 Å². The van der Waals surface area contributed by atoms with Crippen LogP contribution in [0.5, 0.6) is 0 Å². The summed E-state index contributed by atoms with van der Waals surface area (Å²) in [6.07, 6.45) is 2.16. The number of nitrogens with zero attached hydrogens (tertiary/aromatic N) is 3. The third kappa shape index (κ3) is 3.01. The number of hydrogen-bond acceptors (Lipinski definition) is 4. The normalized spacial score (nSPS) is 10.9. The van der Waals surface area contributed by atoms with Gasteiger partial charge in [0, 0.05) is 12.1 Å². The van der Waals surface area contributed by atoms with Gasteiger partial charge in [0.2, 0.25) is 5.76 Å². The van der Waals surface area contributed by atoms with Crippen LogP contribution in [-0.2, 0) is 6.42 Å². The molecule has 6 nitrogen and oxygen atoms in total. The molecule has 0 spiro atoms. The van der Waals surface area contributed by atoms with Crippen LogP contribution in [0.4, 0.5) is 0 Å².